The molecule has 0 N–H and O–H groups in total. The number of ether oxygens (including phenoxy) is 1. The van der Waals surface area contributed by atoms with Crippen LogP contribution in [0.15, 0.2) is 18.5 Å². The molecule has 24 heavy (non-hydrogen) atoms. The second-order valence-electron chi connectivity index (χ2n) is 7.14. The second-order valence-corrected chi connectivity index (χ2v) is 7.14. The molecule has 2 fully saturated rings. The second kappa shape index (κ2) is 7.03. The Morgan fingerprint density at radius 2 is 2.08 bits per heavy atom. The maximum Gasteiger partial charge on any atom is 0.248 e. The first-order chi connectivity index (χ1) is 11.5. The van der Waals surface area contributed by atoms with E-state index in [-0.39, 0.29) is 17.9 Å². The van der Waals surface area contributed by atoms with Crippen LogP contribution in [0.3, 0.4) is 0 Å². The topological polar surface area (TPSA) is 61.8 Å². The van der Waals surface area contributed by atoms with E-state index < -0.39 is 0 Å². The number of carbonyl (C=O) groups excluding carboxylic acids is 1. The summed E-state index contributed by atoms with van der Waals surface area (Å²) in [6, 6.07) is 1.84. The first-order valence-electron chi connectivity index (χ1n) is 8.56. The van der Waals surface area contributed by atoms with Gasteiger partial charge in [0.05, 0.1) is 0 Å². The van der Waals surface area contributed by atoms with Crippen LogP contribution in [0.1, 0.15) is 6.92 Å². The molecule has 0 radical (unpaired) electrons. The molecule has 2 aliphatic heterocycles. The van der Waals surface area contributed by atoms with Crippen molar-refractivity contribution in [1.29, 1.82) is 0 Å². The summed E-state index contributed by atoms with van der Waals surface area (Å²) in [6.45, 7) is 7.00. The molecule has 7 heteroatoms. The summed E-state index contributed by atoms with van der Waals surface area (Å²) in [6.07, 6.45) is 3.57. The van der Waals surface area contributed by atoms with E-state index in [0.29, 0.717) is 12.5 Å². The Labute approximate surface area is 143 Å². The van der Waals surface area contributed by atoms with Crippen molar-refractivity contribution in [2.45, 2.75) is 6.92 Å². The number of amides is 1. The fourth-order valence-electron chi connectivity index (χ4n) is 4.11. The van der Waals surface area contributed by atoms with Crippen molar-refractivity contribution >= 4 is 11.9 Å². The molecule has 0 spiro atoms. The largest absolute Gasteiger partial charge is 0.372 e. The molecule has 0 aromatic carbocycles. The number of aromatic nitrogens is 2. The van der Waals surface area contributed by atoms with E-state index >= 15 is 0 Å². The van der Waals surface area contributed by atoms with Crippen molar-refractivity contribution in [2.75, 3.05) is 64.9 Å². The van der Waals surface area contributed by atoms with E-state index in [2.05, 4.69) is 33.9 Å². The number of likely N-dealkylation sites (tertiary alicyclic amines) is 1. The fourth-order valence-corrected chi connectivity index (χ4v) is 4.11. The number of carbonyl (C=O) groups is 1. The van der Waals surface area contributed by atoms with Crippen LogP contribution in [-0.2, 0) is 9.53 Å². The molecule has 2 aliphatic rings. The van der Waals surface area contributed by atoms with Crippen LogP contribution in [0.5, 0.6) is 0 Å². The van der Waals surface area contributed by atoms with Crippen molar-refractivity contribution in [3.05, 3.63) is 18.5 Å². The monoisotopic (exact) mass is 333 g/mol. The zero-order valence-electron chi connectivity index (χ0n) is 14.8. The number of nitrogens with zero attached hydrogens (tertiary/aromatic N) is 5. The number of fused-ring (bicyclic) bond motifs is 1. The van der Waals surface area contributed by atoms with Crippen molar-refractivity contribution in [2.24, 2.45) is 11.3 Å². The molecule has 2 atom stereocenters. The predicted molar refractivity (Wildman–Crippen MR) is 91.8 cm³/mol. The van der Waals surface area contributed by atoms with Crippen LogP contribution in [0.4, 0.5) is 5.95 Å². The van der Waals surface area contributed by atoms with Gasteiger partial charge in [0.25, 0.3) is 0 Å². The van der Waals surface area contributed by atoms with Gasteiger partial charge in [-0.05, 0) is 27.1 Å². The van der Waals surface area contributed by atoms with Crippen molar-refractivity contribution in [3.8, 4) is 0 Å². The summed E-state index contributed by atoms with van der Waals surface area (Å²) in [7, 11) is 4.19. The minimum atomic E-state index is 0.0740. The maximum absolute atomic E-state index is 12.4. The van der Waals surface area contributed by atoms with E-state index in [1.165, 1.54) is 0 Å². The van der Waals surface area contributed by atoms with Crippen LogP contribution >= 0.6 is 0 Å². The fraction of sp³-hybridized carbons (Fsp3) is 0.706. The van der Waals surface area contributed by atoms with Crippen LogP contribution in [-0.4, -0.2) is 85.7 Å². The molecular weight excluding hydrogens is 306 g/mol. The Balaban J connectivity index is 1.74. The Hall–Kier alpha value is -1.73. The first-order valence-corrected chi connectivity index (χ1v) is 8.56. The van der Waals surface area contributed by atoms with Gasteiger partial charge in [0.15, 0.2) is 0 Å². The van der Waals surface area contributed by atoms with Gasteiger partial charge in [-0.1, -0.05) is 0 Å². The van der Waals surface area contributed by atoms with Gasteiger partial charge >= 0.3 is 0 Å². The molecule has 2 unspecified atom stereocenters. The molecule has 3 heterocycles. The van der Waals surface area contributed by atoms with E-state index in [9.17, 15) is 4.79 Å². The molecule has 2 saturated heterocycles. The zero-order valence-corrected chi connectivity index (χ0v) is 14.8. The van der Waals surface area contributed by atoms with Gasteiger partial charge in [0, 0.05) is 63.1 Å². The van der Waals surface area contributed by atoms with E-state index in [0.717, 1.165) is 38.7 Å². The van der Waals surface area contributed by atoms with Crippen molar-refractivity contribution in [1.82, 2.24) is 19.8 Å². The molecule has 1 aromatic rings. The highest BCUT2D eigenvalue weighted by atomic mass is 16.5. The van der Waals surface area contributed by atoms with E-state index in [1.807, 2.05) is 17.9 Å². The molecule has 1 amide bonds. The highest BCUT2D eigenvalue weighted by molar-refractivity contribution is 5.78. The summed E-state index contributed by atoms with van der Waals surface area (Å²) in [5, 5.41) is 0. The first kappa shape index (κ1) is 17.1. The Kier molecular flexibility index (Phi) is 5.01. The summed E-state index contributed by atoms with van der Waals surface area (Å²) in [4.78, 5) is 27.6. The van der Waals surface area contributed by atoms with Crippen molar-refractivity contribution < 1.29 is 9.53 Å². The third-order valence-corrected chi connectivity index (χ3v) is 5.01. The summed E-state index contributed by atoms with van der Waals surface area (Å²) in [5.74, 6) is 1.33. The Morgan fingerprint density at radius 3 is 2.75 bits per heavy atom. The molecule has 132 valence electrons. The van der Waals surface area contributed by atoms with E-state index in [1.54, 1.807) is 12.4 Å². The SMILES string of the molecule is CCOCC(=O)N1CC2CN(c3ncccn3)CC2(CN(C)C)C1. The highest BCUT2D eigenvalue weighted by Gasteiger charge is 2.54. The predicted octanol–water partition coefficient (Wildman–Crippen LogP) is 0.340. The lowest BCUT2D eigenvalue weighted by Gasteiger charge is -2.32. The van der Waals surface area contributed by atoms with Gasteiger partial charge in [0.1, 0.15) is 6.61 Å². The third-order valence-electron chi connectivity index (χ3n) is 5.01. The minimum absolute atomic E-state index is 0.0740. The van der Waals surface area contributed by atoms with Crippen molar-refractivity contribution in [3.63, 3.8) is 0 Å². The summed E-state index contributed by atoms with van der Waals surface area (Å²) >= 11 is 0. The number of hydrogen-bond donors (Lipinski definition) is 0. The average molecular weight is 333 g/mol. The van der Waals surface area contributed by atoms with Gasteiger partial charge in [-0.15, -0.1) is 0 Å². The lowest BCUT2D eigenvalue weighted by atomic mass is 9.80. The van der Waals surface area contributed by atoms with Gasteiger partial charge < -0.3 is 19.4 Å². The highest BCUT2D eigenvalue weighted by Crippen LogP contribution is 2.43. The molecule has 0 bridgehead atoms. The Bertz CT molecular complexity index is 567. The quantitative estimate of drug-likeness (QED) is 0.748. The standard InChI is InChI=1S/C17H27N5O2/c1-4-24-10-15(23)21-8-14-9-22(16-18-6-5-7-19-16)13-17(14,12-21)11-20(2)3/h5-7,14H,4,8-13H2,1-3H3. The van der Waals surface area contributed by atoms with Gasteiger partial charge in [-0.2, -0.15) is 0 Å². The molecule has 3 rings (SSSR count). The van der Waals surface area contributed by atoms with Crippen LogP contribution < -0.4 is 4.90 Å². The zero-order chi connectivity index (χ0) is 17.2. The number of anilines is 1. The number of rotatable bonds is 6. The van der Waals surface area contributed by atoms with Crippen LogP contribution in [0.25, 0.3) is 0 Å². The molecule has 1 aromatic heterocycles. The summed E-state index contributed by atoms with van der Waals surface area (Å²) in [5.41, 5.74) is 0.0740. The van der Waals surface area contributed by atoms with Gasteiger partial charge in [0.2, 0.25) is 11.9 Å². The minimum Gasteiger partial charge on any atom is -0.372 e. The van der Waals surface area contributed by atoms with E-state index in [4.69, 9.17) is 4.74 Å². The smallest absolute Gasteiger partial charge is 0.248 e. The normalized spacial score (nSPS) is 26.2. The third kappa shape index (κ3) is 3.37. The lowest BCUT2D eigenvalue weighted by molar-refractivity contribution is -0.135. The molecule has 7 nitrogen and oxygen atoms in total. The van der Waals surface area contributed by atoms with Gasteiger partial charge in [-0.3, -0.25) is 4.79 Å². The molecule has 0 aliphatic carbocycles. The average Bonchev–Trinajstić information content (AvgIpc) is 3.06. The van der Waals surface area contributed by atoms with Gasteiger partial charge in [-0.25, -0.2) is 9.97 Å². The maximum atomic E-state index is 12.4. The van der Waals surface area contributed by atoms with Crippen LogP contribution in [0.2, 0.25) is 0 Å². The summed E-state index contributed by atoms with van der Waals surface area (Å²) < 4.78 is 5.30. The Morgan fingerprint density at radius 1 is 1.33 bits per heavy atom. The lowest BCUT2D eigenvalue weighted by Crippen LogP contribution is -2.43. The molecule has 0 saturated carbocycles. The number of hydrogen-bond acceptors (Lipinski definition) is 6. The van der Waals surface area contributed by atoms with Crippen LogP contribution in [0, 0.1) is 11.3 Å². The molecular formula is C17H27N5O2.